The smallest absolute Gasteiger partial charge is 0.338 e. The fourth-order valence-electron chi connectivity index (χ4n) is 2.68. The molecule has 0 amide bonds. The minimum atomic E-state index is -3.51. The molecule has 1 heterocycles. The van der Waals surface area contributed by atoms with E-state index in [0.29, 0.717) is 22.0 Å². The minimum absolute atomic E-state index is 0.190. The van der Waals surface area contributed by atoms with E-state index in [-0.39, 0.29) is 10.6 Å². The van der Waals surface area contributed by atoms with Crippen LogP contribution in [0.2, 0.25) is 0 Å². The zero-order valence-electron chi connectivity index (χ0n) is 13.4. The molecule has 0 atom stereocenters. The Balaban J connectivity index is 2.07. The third-order valence-electron chi connectivity index (χ3n) is 3.92. The van der Waals surface area contributed by atoms with E-state index in [1.165, 1.54) is 7.11 Å². The Bertz CT molecular complexity index is 1000. The molecule has 6 heteroatoms. The van der Waals surface area contributed by atoms with E-state index in [2.05, 4.69) is 4.98 Å². The number of aromatic nitrogens is 1. The average Bonchev–Trinajstić information content (AvgIpc) is 2.97. The Morgan fingerprint density at radius 1 is 1.12 bits per heavy atom. The molecule has 1 aromatic heterocycles. The number of benzene rings is 2. The number of methoxy groups -OCH3 is 1. The number of aryl methyl sites for hydroxylation is 1. The van der Waals surface area contributed by atoms with Gasteiger partial charge in [0.15, 0.2) is 9.84 Å². The minimum Gasteiger partial charge on any atom is -0.465 e. The molecule has 0 aliphatic rings. The van der Waals surface area contributed by atoms with E-state index in [1.54, 1.807) is 48.7 Å². The number of rotatable bonds is 4. The predicted octanol–water partition coefficient (Wildman–Crippen LogP) is 3.24. The number of carbonyl (C=O) groups is 1. The molecule has 2 aromatic carbocycles. The van der Waals surface area contributed by atoms with Gasteiger partial charge >= 0.3 is 5.97 Å². The molecule has 124 valence electrons. The molecule has 0 spiro atoms. The second-order valence-electron chi connectivity index (χ2n) is 5.61. The van der Waals surface area contributed by atoms with Gasteiger partial charge in [-0.3, -0.25) is 0 Å². The van der Waals surface area contributed by atoms with Gasteiger partial charge in [0.1, 0.15) is 0 Å². The van der Waals surface area contributed by atoms with Crippen LogP contribution in [-0.2, 0) is 20.3 Å². The summed E-state index contributed by atoms with van der Waals surface area (Å²) >= 11 is 0. The lowest BCUT2D eigenvalue weighted by atomic mass is 10.1. The summed E-state index contributed by atoms with van der Waals surface area (Å²) in [6.07, 6.45) is 1.63. The Labute approximate surface area is 140 Å². The van der Waals surface area contributed by atoms with Crippen molar-refractivity contribution in [1.29, 1.82) is 0 Å². The number of H-pyrrole nitrogens is 1. The van der Waals surface area contributed by atoms with E-state index in [1.807, 2.05) is 6.92 Å². The maximum Gasteiger partial charge on any atom is 0.338 e. The highest BCUT2D eigenvalue weighted by molar-refractivity contribution is 7.90. The molecule has 0 aliphatic carbocycles. The molecule has 24 heavy (non-hydrogen) atoms. The molecular formula is C18H17NO4S. The van der Waals surface area contributed by atoms with Gasteiger partial charge in [-0.05, 0) is 36.8 Å². The number of hydrogen-bond acceptors (Lipinski definition) is 4. The third kappa shape index (κ3) is 2.92. The van der Waals surface area contributed by atoms with Crippen molar-refractivity contribution < 1.29 is 17.9 Å². The number of sulfone groups is 1. The van der Waals surface area contributed by atoms with Gasteiger partial charge in [-0.1, -0.05) is 23.8 Å². The Hall–Kier alpha value is -2.60. The van der Waals surface area contributed by atoms with Crippen molar-refractivity contribution in [1.82, 2.24) is 4.98 Å². The largest absolute Gasteiger partial charge is 0.465 e. The van der Waals surface area contributed by atoms with E-state index < -0.39 is 15.8 Å². The van der Waals surface area contributed by atoms with Crippen molar-refractivity contribution in [2.45, 2.75) is 17.6 Å². The maximum absolute atomic E-state index is 12.7. The summed E-state index contributed by atoms with van der Waals surface area (Å²) in [7, 11) is -2.21. The number of hydrogen-bond donors (Lipinski definition) is 1. The van der Waals surface area contributed by atoms with Gasteiger partial charge in [0.2, 0.25) is 0 Å². The summed E-state index contributed by atoms with van der Waals surface area (Å²) in [5.41, 5.74) is 2.60. The van der Waals surface area contributed by atoms with Crippen molar-refractivity contribution in [3.05, 3.63) is 65.4 Å². The van der Waals surface area contributed by atoms with Crippen molar-refractivity contribution in [2.24, 2.45) is 0 Å². The molecule has 0 fully saturated rings. The molecule has 0 radical (unpaired) electrons. The molecule has 3 rings (SSSR count). The monoisotopic (exact) mass is 343 g/mol. The summed E-state index contributed by atoms with van der Waals surface area (Å²) < 4.78 is 30.1. The van der Waals surface area contributed by atoms with Crippen LogP contribution >= 0.6 is 0 Å². The fourth-order valence-corrected chi connectivity index (χ4v) is 4.04. The van der Waals surface area contributed by atoms with Crippen molar-refractivity contribution in [3.8, 4) is 0 Å². The fraction of sp³-hybridized carbons (Fsp3) is 0.167. The summed E-state index contributed by atoms with van der Waals surface area (Å²) in [5.74, 6) is -0.682. The molecule has 0 saturated carbocycles. The Morgan fingerprint density at radius 2 is 1.83 bits per heavy atom. The standard InChI is InChI=1S/C18H17NO4S/c1-12-6-8-14(9-7-12)24(21,22)11-13-10-19-16-5-3-4-15(17(13)16)18(20)23-2/h3-10,19H,11H2,1-2H3. The normalized spacial score (nSPS) is 11.6. The highest BCUT2D eigenvalue weighted by Crippen LogP contribution is 2.27. The van der Waals surface area contributed by atoms with Crippen LogP contribution in [0.25, 0.3) is 10.9 Å². The van der Waals surface area contributed by atoms with Gasteiger partial charge in [-0.2, -0.15) is 0 Å². The number of aromatic amines is 1. The Kier molecular flexibility index (Phi) is 4.15. The van der Waals surface area contributed by atoms with Crippen LogP contribution in [-0.4, -0.2) is 26.5 Å². The quantitative estimate of drug-likeness (QED) is 0.738. The van der Waals surface area contributed by atoms with Crippen LogP contribution in [0.3, 0.4) is 0 Å². The lowest BCUT2D eigenvalue weighted by Crippen LogP contribution is -2.07. The van der Waals surface area contributed by atoms with Crippen LogP contribution in [0.4, 0.5) is 0 Å². The van der Waals surface area contributed by atoms with Crippen LogP contribution in [0, 0.1) is 6.92 Å². The zero-order chi connectivity index (χ0) is 17.3. The van der Waals surface area contributed by atoms with Crippen molar-refractivity contribution >= 4 is 26.7 Å². The van der Waals surface area contributed by atoms with Gasteiger partial charge < -0.3 is 9.72 Å². The third-order valence-corrected chi connectivity index (χ3v) is 5.60. The summed E-state index contributed by atoms with van der Waals surface area (Å²) in [5, 5.41) is 0.583. The summed E-state index contributed by atoms with van der Waals surface area (Å²) in [6.45, 7) is 1.90. The van der Waals surface area contributed by atoms with Crippen molar-refractivity contribution in [2.75, 3.05) is 7.11 Å². The average molecular weight is 343 g/mol. The van der Waals surface area contributed by atoms with E-state index >= 15 is 0 Å². The first-order chi connectivity index (χ1) is 11.4. The zero-order valence-corrected chi connectivity index (χ0v) is 14.2. The van der Waals surface area contributed by atoms with Gasteiger partial charge in [-0.15, -0.1) is 0 Å². The second kappa shape index (κ2) is 6.13. The SMILES string of the molecule is COC(=O)c1cccc2[nH]cc(CS(=O)(=O)c3ccc(C)cc3)c12. The van der Waals surface area contributed by atoms with Crippen LogP contribution in [0.15, 0.2) is 53.6 Å². The number of ether oxygens (including phenoxy) is 1. The lowest BCUT2D eigenvalue weighted by molar-refractivity contribution is 0.0603. The van der Waals surface area contributed by atoms with E-state index in [0.717, 1.165) is 5.56 Å². The van der Waals surface area contributed by atoms with Gasteiger partial charge in [0.05, 0.1) is 23.3 Å². The molecule has 5 nitrogen and oxygen atoms in total. The van der Waals surface area contributed by atoms with Crippen LogP contribution in [0.5, 0.6) is 0 Å². The molecule has 0 saturated heterocycles. The molecule has 1 N–H and O–H groups in total. The van der Waals surface area contributed by atoms with Crippen molar-refractivity contribution in [3.63, 3.8) is 0 Å². The first kappa shape index (κ1) is 16.3. The predicted molar refractivity (Wildman–Crippen MR) is 91.7 cm³/mol. The highest BCUT2D eigenvalue weighted by Gasteiger charge is 2.21. The van der Waals surface area contributed by atoms with Gasteiger partial charge in [-0.25, -0.2) is 13.2 Å². The topological polar surface area (TPSA) is 76.2 Å². The summed E-state index contributed by atoms with van der Waals surface area (Å²) in [6, 6.07) is 11.9. The number of nitrogens with one attached hydrogen (secondary N) is 1. The number of carbonyl (C=O) groups excluding carboxylic acids is 1. The van der Waals surface area contributed by atoms with E-state index in [4.69, 9.17) is 4.74 Å². The molecule has 0 bridgehead atoms. The molecular weight excluding hydrogens is 326 g/mol. The maximum atomic E-state index is 12.7. The first-order valence-electron chi connectivity index (χ1n) is 7.39. The van der Waals surface area contributed by atoms with Gasteiger partial charge in [0.25, 0.3) is 0 Å². The molecule has 0 aliphatic heterocycles. The molecule has 0 unspecified atom stereocenters. The first-order valence-corrected chi connectivity index (χ1v) is 9.04. The molecule has 3 aromatic rings. The summed E-state index contributed by atoms with van der Waals surface area (Å²) in [4.78, 5) is 15.2. The van der Waals surface area contributed by atoms with Crippen LogP contribution in [0.1, 0.15) is 21.5 Å². The number of esters is 1. The Morgan fingerprint density at radius 3 is 2.50 bits per heavy atom. The lowest BCUT2D eigenvalue weighted by Gasteiger charge is -2.07. The van der Waals surface area contributed by atoms with Crippen LogP contribution < -0.4 is 0 Å². The van der Waals surface area contributed by atoms with E-state index in [9.17, 15) is 13.2 Å². The van der Waals surface area contributed by atoms with Gasteiger partial charge in [0, 0.05) is 17.1 Å². The highest BCUT2D eigenvalue weighted by atomic mass is 32.2. The number of fused-ring (bicyclic) bond motifs is 1. The second-order valence-corrected chi connectivity index (χ2v) is 7.60.